The number of rotatable bonds is 5. The van der Waals surface area contributed by atoms with Crippen LogP contribution >= 0.6 is 11.3 Å². The molecule has 32 heavy (non-hydrogen) atoms. The van der Waals surface area contributed by atoms with Gasteiger partial charge < -0.3 is 10.6 Å². The zero-order valence-corrected chi connectivity index (χ0v) is 19.4. The van der Waals surface area contributed by atoms with Crippen molar-refractivity contribution in [2.24, 2.45) is 0 Å². The highest BCUT2D eigenvalue weighted by molar-refractivity contribution is 7.20. The van der Waals surface area contributed by atoms with Gasteiger partial charge in [0, 0.05) is 22.2 Å². The van der Waals surface area contributed by atoms with Crippen LogP contribution in [0.25, 0.3) is 10.2 Å². The predicted molar refractivity (Wildman–Crippen MR) is 130 cm³/mol. The van der Waals surface area contributed by atoms with Gasteiger partial charge in [0.05, 0.1) is 17.1 Å². The monoisotopic (exact) mass is 446 g/mol. The molecule has 6 nitrogen and oxygen atoms in total. The van der Waals surface area contributed by atoms with Gasteiger partial charge in [0.2, 0.25) is 0 Å². The van der Waals surface area contributed by atoms with Gasteiger partial charge in [-0.1, -0.05) is 36.4 Å². The first kappa shape index (κ1) is 21.8. The lowest BCUT2D eigenvalue weighted by molar-refractivity contribution is 0.0918. The normalized spacial score (nSPS) is 11.5. The second kappa shape index (κ2) is 8.59. The van der Waals surface area contributed by atoms with E-state index in [9.17, 15) is 9.59 Å². The van der Waals surface area contributed by atoms with Gasteiger partial charge in [-0.25, -0.2) is 0 Å². The molecule has 0 spiro atoms. The van der Waals surface area contributed by atoms with Crippen molar-refractivity contribution >= 4 is 39.1 Å². The van der Waals surface area contributed by atoms with Crippen LogP contribution in [0.1, 0.15) is 52.1 Å². The average molecular weight is 447 g/mol. The summed E-state index contributed by atoms with van der Waals surface area (Å²) >= 11 is 1.42. The van der Waals surface area contributed by atoms with E-state index in [-0.39, 0.29) is 17.4 Å². The molecule has 4 rings (SSSR count). The quantitative estimate of drug-likeness (QED) is 0.440. The van der Waals surface area contributed by atoms with E-state index in [0.29, 0.717) is 22.7 Å². The summed E-state index contributed by atoms with van der Waals surface area (Å²) < 4.78 is 1.94. The molecule has 7 heteroatoms. The molecule has 2 aromatic heterocycles. The first-order chi connectivity index (χ1) is 15.2. The van der Waals surface area contributed by atoms with Gasteiger partial charge in [-0.2, -0.15) is 5.10 Å². The Bertz CT molecular complexity index is 1280. The third-order valence-corrected chi connectivity index (χ3v) is 6.02. The maximum atomic E-state index is 12.9. The Morgan fingerprint density at radius 3 is 2.47 bits per heavy atom. The van der Waals surface area contributed by atoms with Crippen LogP contribution in [0.5, 0.6) is 0 Å². The minimum Gasteiger partial charge on any atom is -0.347 e. The Labute approximate surface area is 191 Å². The second-order valence-corrected chi connectivity index (χ2v) is 9.83. The number of thiophene rings is 1. The Hall–Kier alpha value is -3.45. The SMILES string of the molecule is Cc1nn(Cc2ccccc2)c2sc(C(=O)Nc3cccc(C(=O)NC(C)(C)C)c3)cc12. The molecule has 0 saturated carbocycles. The van der Waals surface area contributed by atoms with E-state index in [1.54, 1.807) is 24.3 Å². The molecule has 0 fully saturated rings. The molecule has 0 bridgehead atoms. The van der Waals surface area contributed by atoms with Crippen LogP contribution in [0.15, 0.2) is 60.7 Å². The molecule has 0 unspecified atom stereocenters. The lowest BCUT2D eigenvalue weighted by atomic mass is 10.1. The van der Waals surface area contributed by atoms with Crippen molar-refractivity contribution < 1.29 is 9.59 Å². The van der Waals surface area contributed by atoms with Crippen molar-refractivity contribution in [3.63, 3.8) is 0 Å². The number of benzene rings is 2. The van der Waals surface area contributed by atoms with Crippen LogP contribution in [-0.2, 0) is 6.54 Å². The van der Waals surface area contributed by atoms with Crippen molar-refractivity contribution in [2.75, 3.05) is 5.32 Å². The van der Waals surface area contributed by atoms with Crippen molar-refractivity contribution in [1.29, 1.82) is 0 Å². The number of carbonyl (C=O) groups is 2. The summed E-state index contributed by atoms with van der Waals surface area (Å²) in [7, 11) is 0. The van der Waals surface area contributed by atoms with Gasteiger partial charge in [-0.05, 0) is 57.5 Å². The summed E-state index contributed by atoms with van der Waals surface area (Å²) in [6.07, 6.45) is 0. The van der Waals surface area contributed by atoms with Gasteiger partial charge in [-0.3, -0.25) is 14.3 Å². The van der Waals surface area contributed by atoms with Gasteiger partial charge in [0.1, 0.15) is 4.83 Å². The molecule has 0 saturated heterocycles. The number of hydrogen-bond acceptors (Lipinski definition) is 4. The number of aromatic nitrogens is 2. The number of nitrogens with zero attached hydrogens (tertiary/aromatic N) is 2. The van der Waals surface area contributed by atoms with E-state index in [1.807, 2.05) is 56.6 Å². The highest BCUT2D eigenvalue weighted by atomic mass is 32.1. The van der Waals surface area contributed by atoms with Crippen LogP contribution in [-0.4, -0.2) is 27.1 Å². The molecule has 0 aliphatic heterocycles. The average Bonchev–Trinajstić information content (AvgIpc) is 3.29. The maximum Gasteiger partial charge on any atom is 0.265 e. The number of nitrogens with one attached hydrogen (secondary N) is 2. The van der Waals surface area contributed by atoms with E-state index in [4.69, 9.17) is 0 Å². The zero-order valence-electron chi connectivity index (χ0n) is 18.6. The molecule has 0 radical (unpaired) electrons. The van der Waals surface area contributed by atoms with E-state index in [1.165, 1.54) is 11.3 Å². The van der Waals surface area contributed by atoms with Crippen LogP contribution in [0.2, 0.25) is 0 Å². The lowest BCUT2D eigenvalue weighted by Gasteiger charge is -2.20. The predicted octanol–water partition coefficient (Wildman–Crippen LogP) is 5.24. The number of amides is 2. The van der Waals surface area contributed by atoms with E-state index in [2.05, 4.69) is 27.9 Å². The van der Waals surface area contributed by atoms with Crippen LogP contribution in [0.4, 0.5) is 5.69 Å². The summed E-state index contributed by atoms with van der Waals surface area (Å²) in [5.41, 5.74) is 2.80. The second-order valence-electron chi connectivity index (χ2n) is 8.80. The summed E-state index contributed by atoms with van der Waals surface area (Å²) in [5, 5.41) is 11.5. The number of aryl methyl sites for hydroxylation is 1. The minimum absolute atomic E-state index is 0.174. The zero-order chi connectivity index (χ0) is 22.9. The molecule has 2 heterocycles. The van der Waals surface area contributed by atoms with E-state index < -0.39 is 0 Å². The Morgan fingerprint density at radius 1 is 1.00 bits per heavy atom. The van der Waals surface area contributed by atoms with Crippen molar-refractivity contribution in [3.8, 4) is 0 Å². The molecule has 2 N–H and O–H groups in total. The smallest absolute Gasteiger partial charge is 0.265 e. The topological polar surface area (TPSA) is 76.0 Å². The number of carbonyl (C=O) groups excluding carboxylic acids is 2. The van der Waals surface area contributed by atoms with Gasteiger partial charge in [0.15, 0.2) is 0 Å². The largest absolute Gasteiger partial charge is 0.347 e. The Kier molecular flexibility index (Phi) is 5.84. The standard InChI is InChI=1S/C25H26N4O2S/c1-16-20-14-21(32-24(20)29(28-16)15-17-9-6-5-7-10-17)23(31)26-19-12-8-11-18(13-19)22(30)27-25(2,3)4/h5-14H,15H2,1-4H3,(H,26,31)(H,27,30). The first-order valence-electron chi connectivity index (χ1n) is 10.4. The summed E-state index contributed by atoms with van der Waals surface area (Å²) in [6.45, 7) is 8.39. The van der Waals surface area contributed by atoms with E-state index >= 15 is 0 Å². The number of anilines is 1. The molecule has 2 aromatic carbocycles. The lowest BCUT2D eigenvalue weighted by Crippen LogP contribution is -2.40. The molecule has 0 atom stereocenters. The molecule has 2 amide bonds. The highest BCUT2D eigenvalue weighted by Crippen LogP contribution is 2.29. The fourth-order valence-electron chi connectivity index (χ4n) is 3.43. The molecular formula is C25H26N4O2S. The molecule has 164 valence electrons. The van der Waals surface area contributed by atoms with Gasteiger partial charge in [0.25, 0.3) is 11.8 Å². The fourth-order valence-corrected chi connectivity index (χ4v) is 4.49. The highest BCUT2D eigenvalue weighted by Gasteiger charge is 2.18. The van der Waals surface area contributed by atoms with Gasteiger partial charge in [-0.15, -0.1) is 11.3 Å². The summed E-state index contributed by atoms with van der Waals surface area (Å²) in [4.78, 5) is 27.0. The third-order valence-electron chi connectivity index (χ3n) is 4.88. The number of fused-ring (bicyclic) bond motifs is 1. The number of hydrogen-bond donors (Lipinski definition) is 2. The van der Waals surface area contributed by atoms with Crippen LogP contribution in [0, 0.1) is 6.92 Å². The summed E-state index contributed by atoms with van der Waals surface area (Å²) in [5.74, 6) is -0.377. The summed E-state index contributed by atoms with van der Waals surface area (Å²) in [6, 6.07) is 19.0. The Morgan fingerprint density at radius 2 is 1.75 bits per heavy atom. The van der Waals surface area contributed by atoms with Crippen molar-refractivity contribution in [2.45, 2.75) is 39.8 Å². The van der Waals surface area contributed by atoms with Crippen LogP contribution < -0.4 is 10.6 Å². The minimum atomic E-state index is -0.334. The fraction of sp³-hybridized carbons (Fsp3) is 0.240. The van der Waals surface area contributed by atoms with E-state index in [0.717, 1.165) is 21.5 Å². The third kappa shape index (κ3) is 4.89. The Balaban J connectivity index is 1.54. The van der Waals surface area contributed by atoms with Crippen LogP contribution in [0.3, 0.4) is 0 Å². The van der Waals surface area contributed by atoms with Crippen molar-refractivity contribution in [3.05, 3.63) is 82.4 Å². The maximum absolute atomic E-state index is 12.9. The first-order valence-corrected chi connectivity index (χ1v) is 11.3. The molecule has 4 aromatic rings. The van der Waals surface area contributed by atoms with Crippen molar-refractivity contribution in [1.82, 2.24) is 15.1 Å². The molecular weight excluding hydrogens is 420 g/mol. The molecule has 0 aliphatic carbocycles. The molecule has 0 aliphatic rings. The van der Waals surface area contributed by atoms with Gasteiger partial charge >= 0.3 is 0 Å².